The topological polar surface area (TPSA) is 101 Å². The molecule has 0 aromatic carbocycles. The molecule has 0 aliphatic rings. The Hall–Kier alpha value is -1.89. The summed E-state index contributed by atoms with van der Waals surface area (Å²) in [6, 6.07) is 0. The molecule has 0 aromatic rings. The molecule has 2 N–H and O–H groups in total. The van der Waals surface area contributed by atoms with Crippen LogP contribution in [0.2, 0.25) is 0 Å². The molecular weight excluding hydrogens is 290 g/mol. The lowest BCUT2D eigenvalue weighted by Gasteiger charge is -2.28. The normalized spacial score (nSPS) is 13.0. The largest absolute Gasteiger partial charge is 0.481 e. The lowest BCUT2D eigenvalue weighted by molar-refractivity contribution is -0.873. The maximum Gasteiger partial charge on any atom is 0.330 e. The van der Waals surface area contributed by atoms with Crippen LogP contribution in [0.1, 0.15) is 32.1 Å². The first kappa shape index (κ1) is 20.1. The maximum atomic E-state index is 11.7. The Morgan fingerprint density at radius 2 is 1.73 bits per heavy atom. The van der Waals surface area contributed by atoms with Crippen LogP contribution in [-0.2, 0) is 19.1 Å². The Balaban J connectivity index is 4.21. The Bertz CT molecular complexity index is 411. The van der Waals surface area contributed by atoms with Crippen LogP contribution in [0.15, 0.2) is 12.2 Å². The van der Waals surface area contributed by atoms with Gasteiger partial charge in [-0.25, -0.2) is 4.79 Å². The molecule has 1 unspecified atom stereocenters. The number of carbonyl (C=O) groups is 3. The van der Waals surface area contributed by atoms with Crippen molar-refractivity contribution in [2.45, 2.75) is 38.2 Å². The molecule has 0 saturated heterocycles. The Morgan fingerprint density at radius 3 is 2.23 bits per heavy atom. The van der Waals surface area contributed by atoms with Crippen LogP contribution < -0.4 is 0 Å². The molecule has 0 aliphatic heterocycles. The molecule has 0 rings (SSSR count). The second-order valence-corrected chi connectivity index (χ2v) is 6.17. The van der Waals surface area contributed by atoms with Gasteiger partial charge < -0.3 is 19.4 Å². The average molecular weight is 316 g/mol. The highest BCUT2D eigenvalue weighted by Crippen LogP contribution is 2.06. The third-order valence-corrected chi connectivity index (χ3v) is 2.70. The van der Waals surface area contributed by atoms with Crippen molar-refractivity contribution in [2.24, 2.45) is 0 Å². The minimum atomic E-state index is -1.01. The molecule has 0 heterocycles. The van der Waals surface area contributed by atoms with E-state index in [4.69, 9.17) is 14.9 Å². The summed E-state index contributed by atoms with van der Waals surface area (Å²) in [7, 11) is 5.67. The van der Waals surface area contributed by atoms with Crippen LogP contribution >= 0.6 is 0 Å². The first-order valence-electron chi connectivity index (χ1n) is 7.21. The monoisotopic (exact) mass is 316 g/mol. The van der Waals surface area contributed by atoms with Crippen molar-refractivity contribution in [2.75, 3.05) is 27.7 Å². The van der Waals surface area contributed by atoms with Gasteiger partial charge in [-0.1, -0.05) is 6.08 Å². The van der Waals surface area contributed by atoms with Gasteiger partial charge in [0.2, 0.25) is 0 Å². The van der Waals surface area contributed by atoms with Crippen LogP contribution in [0.25, 0.3) is 0 Å². The van der Waals surface area contributed by atoms with E-state index < -0.39 is 24.0 Å². The number of aliphatic carboxylic acids is 2. The van der Waals surface area contributed by atoms with Gasteiger partial charge in [-0.2, -0.15) is 0 Å². The summed E-state index contributed by atoms with van der Waals surface area (Å²) >= 11 is 0. The number of allylic oxidation sites excluding steroid dienone is 1. The Morgan fingerprint density at radius 1 is 1.09 bits per heavy atom. The summed E-state index contributed by atoms with van der Waals surface area (Å²) in [4.78, 5) is 32.8. The number of carboxylic acid groups (broad SMARTS) is 2. The van der Waals surface area contributed by atoms with Crippen molar-refractivity contribution < 1.29 is 33.8 Å². The van der Waals surface area contributed by atoms with Crippen molar-refractivity contribution in [1.82, 2.24) is 0 Å². The number of esters is 1. The number of rotatable bonds is 11. The van der Waals surface area contributed by atoms with Gasteiger partial charge in [-0.3, -0.25) is 9.59 Å². The quantitative estimate of drug-likeness (QED) is 0.258. The molecular formula is C15H26NO6+. The zero-order chi connectivity index (χ0) is 17.2. The minimum absolute atomic E-state index is 0.114. The summed E-state index contributed by atoms with van der Waals surface area (Å²) in [5.41, 5.74) is 0. The summed E-state index contributed by atoms with van der Waals surface area (Å²) in [5.74, 6) is -2.41. The molecule has 0 amide bonds. The number of carboxylic acids is 2. The van der Waals surface area contributed by atoms with E-state index in [9.17, 15) is 14.4 Å². The summed E-state index contributed by atoms with van der Waals surface area (Å²) in [6.07, 6.45) is 3.91. The number of carbonyl (C=O) groups excluding carboxylic acids is 1. The lowest BCUT2D eigenvalue weighted by atomic mass is 10.2. The second kappa shape index (κ2) is 9.94. The van der Waals surface area contributed by atoms with E-state index in [1.165, 1.54) is 6.08 Å². The molecule has 0 spiro atoms. The molecule has 0 fully saturated rings. The summed E-state index contributed by atoms with van der Waals surface area (Å²) < 4.78 is 5.66. The Kier molecular flexibility index (Phi) is 9.09. The average Bonchev–Trinajstić information content (AvgIpc) is 2.29. The number of likely N-dealkylation sites (N-methyl/N-ethyl adjacent to an activating group) is 1. The molecule has 22 heavy (non-hydrogen) atoms. The second-order valence-electron chi connectivity index (χ2n) is 6.17. The molecule has 0 saturated carbocycles. The fourth-order valence-electron chi connectivity index (χ4n) is 1.87. The number of nitrogens with zero attached hydrogens (tertiary/aromatic N) is 1. The molecule has 7 heteroatoms. The van der Waals surface area contributed by atoms with Crippen molar-refractivity contribution in [3.63, 3.8) is 0 Å². The molecule has 1 atom stereocenters. The smallest absolute Gasteiger partial charge is 0.330 e. The van der Waals surface area contributed by atoms with E-state index in [2.05, 4.69) is 0 Å². The zero-order valence-corrected chi connectivity index (χ0v) is 13.4. The summed E-state index contributed by atoms with van der Waals surface area (Å²) in [5, 5.41) is 17.3. The number of hydrogen-bond donors (Lipinski definition) is 2. The predicted molar refractivity (Wildman–Crippen MR) is 80.3 cm³/mol. The van der Waals surface area contributed by atoms with E-state index in [0.29, 0.717) is 30.3 Å². The SMILES string of the molecule is C[N+](C)(C)CC(CC(=O)O)OC(=O)/C=C/CCCCC(=O)O. The van der Waals surface area contributed by atoms with E-state index in [-0.39, 0.29) is 12.8 Å². The summed E-state index contributed by atoms with van der Waals surface area (Å²) in [6.45, 7) is 0.407. The van der Waals surface area contributed by atoms with Crippen LogP contribution in [0.5, 0.6) is 0 Å². The van der Waals surface area contributed by atoms with Gasteiger partial charge in [-0.05, 0) is 19.3 Å². The fourth-order valence-corrected chi connectivity index (χ4v) is 1.87. The van der Waals surface area contributed by atoms with Gasteiger partial charge in [0.15, 0.2) is 6.10 Å². The first-order chi connectivity index (χ1) is 10.1. The van der Waals surface area contributed by atoms with Crippen LogP contribution in [-0.4, -0.2) is 66.4 Å². The van der Waals surface area contributed by atoms with E-state index in [0.717, 1.165) is 0 Å². The molecule has 126 valence electrons. The molecule has 0 bridgehead atoms. The van der Waals surface area contributed by atoms with Gasteiger partial charge in [0, 0.05) is 12.5 Å². The van der Waals surface area contributed by atoms with E-state index in [1.807, 2.05) is 21.1 Å². The number of hydrogen-bond acceptors (Lipinski definition) is 4. The minimum Gasteiger partial charge on any atom is -0.481 e. The highest BCUT2D eigenvalue weighted by molar-refractivity contribution is 5.82. The van der Waals surface area contributed by atoms with Crippen LogP contribution in [0, 0.1) is 0 Å². The Labute approximate surface area is 130 Å². The van der Waals surface area contributed by atoms with Gasteiger partial charge in [0.25, 0.3) is 0 Å². The first-order valence-corrected chi connectivity index (χ1v) is 7.21. The van der Waals surface area contributed by atoms with E-state index >= 15 is 0 Å². The standard InChI is InChI=1S/C15H25NO6/c1-16(2,3)11-12(10-14(19)20)22-15(21)9-7-5-4-6-8-13(17)18/h7,9,12H,4-6,8,10-11H2,1-3H3,(H-,17,18,19,20)/p+1/b9-7+. The van der Waals surface area contributed by atoms with Gasteiger partial charge >= 0.3 is 17.9 Å². The molecule has 7 nitrogen and oxygen atoms in total. The number of ether oxygens (including phenoxy) is 1. The fraction of sp³-hybridized carbons (Fsp3) is 0.667. The molecule has 0 aliphatic carbocycles. The lowest BCUT2D eigenvalue weighted by Crippen LogP contribution is -2.43. The van der Waals surface area contributed by atoms with Crippen LogP contribution in [0.3, 0.4) is 0 Å². The molecule has 0 aromatic heterocycles. The van der Waals surface area contributed by atoms with Gasteiger partial charge in [0.1, 0.15) is 6.54 Å². The number of unbranched alkanes of at least 4 members (excludes halogenated alkanes) is 2. The predicted octanol–water partition coefficient (Wildman–Crippen LogP) is 1.28. The van der Waals surface area contributed by atoms with Crippen molar-refractivity contribution in [3.8, 4) is 0 Å². The number of quaternary nitrogens is 1. The van der Waals surface area contributed by atoms with Crippen molar-refractivity contribution in [1.29, 1.82) is 0 Å². The molecule has 0 radical (unpaired) electrons. The highest BCUT2D eigenvalue weighted by Gasteiger charge is 2.23. The third kappa shape index (κ3) is 13.1. The zero-order valence-electron chi connectivity index (χ0n) is 13.4. The van der Waals surface area contributed by atoms with Gasteiger partial charge in [-0.15, -0.1) is 0 Å². The van der Waals surface area contributed by atoms with E-state index in [1.54, 1.807) is 6.08 Å². The third-order valence-electron chi connectivity index (χ3n) is 2.70. The highest BCUT2D eigenvalue weighted by atomic mass is 16.5. The van der Waals surface area contributed by atoms with Crippen molar-refractivity contribution >= 4 is 17.9 Å². The maximum absolute atomic E-state index is 11.7. The van der Waals surface area contributed by atoms with Crippen LogP contribution in [0.4, 0.5) is 0 Å². The van der Waals surface area contributed by atoms with Gasteiger partial charge in [0.05, 0.1) is 27.6 Å². The van der Waals surface area contributed by atoms with Crippen molar-refractivity contribution in [3.05, 3.63) is 12.2 Å².